The van der Waals surface area contributed by atoms with Crippen LogP contribution in [0.2, 0.25) is 0 Å². The van der Waals surface area contributed by atoms with E-state index in [1.54, 1.807) is 0 Å². The van der Waals surface area contributed by atoms with Crippen LogP contribution in [-0.2, 0) is 0 Å². The molecule has 0 aliphatic heterocycles. The van der Waals surface area contributed by atoms with E-state index in [4.69, 9.17) is 0 Å². The van der Waals surface area contributed by atoms with Gasteiger partial charge in [-0.1, -0.05) is 49.1 Å². The molecular formula is C15H23N. The summed E-state index contributed by atoms with van der Waals surface area (Å²) in [5, 5.41) is 3.52. The van der Waals surface area contributed by atoms with Gasteiger partial charge in [0.2, 0.25) is 0 Å². The van der Waals surface area contributed by atoms with Gasteiger partial charge in [-0.05, 0) is 38.3 Å². The van der Waals surface area contributed by atoms with E-state index >= 15 is 0 Å². The van der Waals surface area contributed by atoms with E-state index in [9.17, 15) is 0 Å². The normalized spacial score (nSPS) is 19.6. The van der Waals surface area contributed by atoms with Gasteiger partial charge in [-0.3, -0.25) is 0 Å². The summed E-state index contributed by atoms with van der Waals surface area (Å²) in [5.74, 6) is 0.834. The molecule has 1 atom stereocenters. The molecule has 16 heavy (non-hydrogen) atoms. The largest absolute Gasteiger partial charge is 0.313 e. The highest BCUT2D eigenvalue weighted by molar-refractivity contribution is 5.25. The summed E-state index contributed by atoms with van der Waals surface area (Å²) in [6.45, 7) is 2.18. The molecule has 1 unspecified atom stereocenters. The lowest BCUT2D eigenvalue weighted by Gasteiger charge is -2.30. The summed E-state index contributed by atoms with van der Waals surface area (Å²) in [7, 11) is 2.10. The number of hydrogen-bond acceptors (Lipinski definition) is 1. The van der Waals surface area contributed by atoms with Crippen LogP contribution in [0.1, 0.15) is 49.3 Å². The zero-order valence-electron chi connectivity index (χ0n) is 10.5. The van der Waals surface area contributed by atoms with Crippen LogP contribution in [0.3, 0.4) is 0 Å². The Morgan fingerprint density at radius 2 is 1.94 bits per heavy atom. The van der Waals surface area contributed by atoms with Gasteiger partial charge in [0.1, 0.15) is 0 Å². The number of rotatable bonds is 3. The highest BCUT2D eigenvalue weighted by Gasteiger charge is 2.23. The Labute approximate surface area is 99.3 Å². The molecule has 1 heteroatoms. The Balaban J connectivity index is 2.14. The van der Waals surface area contributed by atoms with Crippen LogP contribution in [-0.4, -0.2) is 7.05 Å². The molecule has 2 rings (SSSR count). The topological polar surface area (TPSA) is 12.0 Å². The summed E-state index contributed by atoms with van der Waals surface area (Å²) in [4.78, 5) is 0. The van der Waals surface area contributed by atoms with Crippen molar-refractivity contribution in [1.29, 1.82) is 0 Å². The molecule has 0 saturated heterocycles. The first-order chi connectivity index (χ1) is 7.81. The second-order valence-electron chi connectivity index (χ2n) is 5.08. The molecule has 0 amide bonds. The SMILES string of the molecule is CNC(c1cccc(C)c1)C1CCCCC1. The lowest BCUT2D eigenvalue weighted by molar-refractivity contribution is 0.281. The van der Waals surface area contributed by atoms with Gasteiger partial charge in [-0.15, -0.1) is 0 Å². The fourth-order valence-electron chi connectivity index (χ4n) is 3.01. The average molecular weight is 217 g/mol. The summed E-state index contributed by atoms with van der Waals surface area (Å²) < 4.78 is 0. The van der Waals surface area contributed by atoms with Crippen LogP contribution in [0.25, 0.3) is 0 Å². The molecule has 1 aliphatic rings. The van der Waals surface area contributed by atoms with Crippen molar-refractivity contribution in [3.05, 3.63) is 35.4 Å². The third-order valence-electron chi connectivity index (χ3n) is 3.83. The van der Waals surface area contributed by atoms with Crippen molar-refractivity contribution in [1.82, 2.24) is 5.32 Å². The van der Waals surface area contributed by atoms with E-state index < -0.39 is 0 Å². The Morgan fingerprint density at radius 1 is 1.19 bits per heavy atom. The van der Waals surface area contributed by atoms with Gasteiger partial charge >= 0.3 is 0 Å². The minimum Gasteiger partial charge on any atom is -0.313 e. The van der Waals surface area contributed by atoms with Crippen molar-refractivity contribution in [2.75, 3.05) is 7.05 Å². The van der Waals surface area contributed by atoms with Gasteiger partial charge in [-0.25, -0.2) is 0 Å². The standard InChI is InChI=1S/C15H23N/c1-12-7-6-10-14(11-12)15(16-2)13-8-4-3-5-9-13/h6-7,10-11,13,15-16H,3-5,8-9H2,1-2H3. The van der Waals surface area contributed by atoms with Crippen LogP contribution < -0.4 is 5.32 Å². The maximum atomic E-state index is 3.52. The summed E-state index contributed by atoms with van der Waals surface area (Å²) in [5.41, 5.74) is 2.84. The van der Waals surface area contributed by atoms with E-state index in [2.05, 4.69) is 43.6 Å². The number of aryl methyl sites for hydroxylation is 1. The van der Waals surface area contributed by atoms with Crippen LogP contribution >= 0.6 is 0 Å². The number of benzene rings is 1. The number of hydrogen-bond donors (Lipinski definition) is 1. The van der Waals surface area contributed by atoms with Crippen molar-refractivity contribution in [2.45, 2.75) is 45.1 Å². The second-order valence-corrected chi connectivity index (χ2v) is 5.08. The quantitative estimate of drug-likeness (QED) is 0.811. The van der Waals surface area contributed by atoms with E-state index in [1.807, 2.05) is 0 Å². The molecule has 1 saturated carbocycles. The minimum absolute atomic E-state index is 0.556. The molecule has 1 fully saturated rings. The Morgan fingerprint density at radius 3 is 2.56 bits per heavy atom. The molecule has 1 nitrogen and oxygen atoms in total. The Bertz CT molecular complexity index is 326. The number of nitrogens with one attached hydrogen (secondary N) is 1. The first kappa shape index (κ1) is 11.7. The zero-order valence-corrected chi connectivity index (χ0v) is 10.5. The van der Waals surface area contributed by atoms with Crippen molar-refractivity contribution >= 4 is 0 Å². The maximum Gasteiger partial charge on any atom is 0.0346 e. The minimum atomic E-state index is 0.556. The molecule has 1 aromatic carbocycles. The van der Waals surface area contributed by atoms with Gasteiger partial charge in [0, 0.05) is 6.04 Å². The fourth-order valence-corrected chi connectivity index (χ4v) is 3.01. The van der Waals surface area contributed by atoms with Crippen LogP contribution in [0.4, 0.5) is 0 Å². The smallest absolute Gasteiger partial charge is 0.0346 e. The molecule has 0 bridgehead atoms. The molecular weight excluding hydrogens is 194 g/mol. The first-order valence-electron chi connectivity index (χ1n) is 6.55. The van der Waals surface area contributed by atoms with E-state index in [0.29, 0.717) is 6.04 Å². The van der Waals surface area contributed by atoms with E-state index in [1.165, 1.54) is 43.2 Å². The van der Waals surface area contributed by atoms with Crippen molar-refractivity contribution in [2.24, 2.45) is 5.92 Å². The highest BCUT2D eigenvalue weighted by Crippen LogP contribution is 2.34. The zero-order chi connectivity index (χ0) is 11.4. The van der Waals surface area contributed by atoms with Crippen molar-refractivity contribution in [3.8, 4) is 0 Å². The van der Waals surface area contributed by atoms with Gasteiger partial charge in [0.05, 0.1) is 0 Å². The van der Waals surface area contributed by atoms with E-state index in [0.717, 1.165) is 5.92 Å². The summed E-state index contributed by atoms with van der Waals surface area (Å²) >= 11 is 0. The third-order valence-corrected chi connectivity index (χ3v) is 3.83. The lowest BCUT2D eigenvalue weighted by Crippen LogP contribution is -2.26. The molecule has 1 aromatic rings. The maximum absolute atomic E-state index is 3.52. The van der Waals surface area contributed by atoms with Crippen molar-refractivity contribution < 1.29 is 0 Å². The molecule has 0 heterocycles. The monoisotopic (exact) mass is 217 g/mol. The van der Waals surface area contributed by atoms with Crippen molar-refractivity contribution in [3.63, 3.8) is 0 Å². The Kier molecular flexibility index (Phi) is 4.00. The van der Waals surface area contributed by atoms with E-state index in [-0.39, 0.29) is 0 Å². The molecule has 0 radical (unpaired) electrons. The van der Waals surface area contributed by atoms with Gasteiger partial charge in [-0.2, -0.15) is 0 Å². The molecule has 88 valence electrons. The average Bonchev–Trinajstić information content (AvgIpc) is 2.31. The third kappa shape index (κ3) is 2.65. The lowest BCUT2D eigenvalue weighted by atomic mass is 9.81. The van der Waals surface area contributed by atoms with Gasteiger partial charge < -0.3 is 5.32 Å². The molecule has 0 spiro atoms. The first-order valence-corrected chi connectivity index (χ1v) is 6.55. The Hall–Kier alpha value is -0.820. The summed E-state index contributed by atoms with van der Waals surface area (Å²) in [6.07, 6.45) is 7.03. The van der Waals surface area contributed by atoms with Gasteiger partial charge in [0.15, 0.2) is 0 Å². The van der Waals surface area contributed by atoms with Gasteiger partial charge in [0.25, 0.3) is 0 Å². The van der Waals surface area contributed by atoms with Crippen LogP contribution in [0.15, 0.2) is 24.3 Å². The predicted molar refractivity (Wildman–Crippen MR) is 69.6 cm³/mol. The molecule has 1 N–H and O–H groups in total. The predicted octanol–water partition coefficient (Wildman–Crippen LogP) is 3.84. The molecule has 1 aliphatic carbocycles. The highest BCUT2D eigenvalue weighted by atomic mass is 14.9. The van der Waals surface area contributed by atoms with Crippen LogP contribution in [0.5, 0.6) is 0 Å². The summed E-state index contributed by atoms with van der Waals surface area (Å²) in [6, 6.07) is 9.51. The fraction of sp³-hybridized carbons (Fsp3) is 0.600. The van der Waals surface area contributed by atoms with Crippen LogP contribution in [0, 0.1) is 12.8 Å². The second kappa shape index (κ2) is 5.49. The molecule has 0 aromatic heterocycles.